The van der Waals surface area contributed by atoms with Crippen LogP contribution in [0.4, 0.5) is 0 Å². The molecule has 0 saturated carbocycles. The number of halogens is 1. The minimum absolute atomic E-state index is 0.0555. The maximum atomic E-state index is 12.3. The molecule has 0 bridgehead atoms. The first-order chi connectivity index (χ1) is 12.6. The summed E-state index contributed by atoms with van der Waals surface area (Å²) in [6.45, 7) is 2.00. The fraction of sp³-hybridized carbons (Fsp3) is 0.182. The van der Waals surface area contributed by atoms with Gasteiger partial charge in [-0.2, -0.15) is 0 Å². The van der Waals surface area contributed by atoms with E-state index in [-0.39, 0.29) is 11.9 Å². The molecule has 0 aliphatic carbocycles. The molecule has 0 fully saturated rings. The Labute approximate surface area is 159 Å². The van der Waals surface area contributed by atoms with Gasteiger partial charge in [0.1, 0.15) is 5.15 Å². The van der Waals surface area contributed by atoms with Crippen molar-refractivity contribution in [1.29, 1.82) is 0 Å². The summed E-state index contributed by atoms with van der Waals surface area (Å²) in [6.07, 6.45) is 2.98. The number of aryl methyl sites for hydroxylation is 1. The average molecular weight is 365 g/mol. The number of carbonyl (C=O) groups is 1. The lowest BCUT2D eigenvalue weighted by molar-refractivity contribution is -0.121. The lowest BCUT2D eigenvalue weighted by atomic mass is 10.0. The fourth-order valence-electron chi connectivity index (χ4n) is 2.83. The van der Waals surface area contributed by atoms with Crippen LogP contribution in [0.1, 0.15) is 30.5 Å². The van der Waals surface area contributed by atoms with E-state index in [4.69, 9.17) is 11.6 Å². The van der Waals surface area contributed by atoms with Crippen LogP contribution < -0.4 is 5.32 Å². The second-order valence-electron chi connectivity index (χ2n) is 6.27. The number of benzene rings is 2. The fourth-order valence-corrected chi connectivity index (χ4v) is 2.95. The SMILES string of the molecule is CC(NC(=O)CCc1ccccc1)c1cccc(-c2ccc(Cl)nc2)c1. The zero-order chi connectivity index (χ0) is 18.4. The van der Waals surface area contributed by atoms with Crippen LogP contribution in [-0.2, 0) is 11.2 Å². The Balaban J connectivity index is 1.62. The summed E-state index contributed by atoms with van der Waals surface area (Å²) in [5.41, 5.74) is 4.29. The molecule has 3 aromatic rings. The molecule has 1 amide bonds. The number of rotatable bonds is 6. The van der Waals surface area contributed by atoms with E-state index in [1.807, 2.05) is 61.5 Å². The van der Waals surface area contributed by atoms with Crippen molar-refractivity contribution in [2.75, 3.05) is 0 Å². The predicted molar refractivity (Wildman–Crippen MR) is 106 cm³/mol. The summed E-state index contributed by atoms with van der Waals surface area (Å²) in [5, 5.41) is 3.55. The summed E-state index contributed by atoms with van der Waals surface area (Å²) in [7, 11) is 0. The summed E-state index contributed by atoms with van der Waals surface area (Å²) in [4.78, 5) is 16.4. The van der Waals surface area contributed by atoms with E-state index in [2.05, 4.69) is 16.4 Å². The number of amides is 1. The van der Waals surface area contributed by atoms with Crippen molar-refractivity contribution in [3.8, 4) is 11.1 Å². The maximum Gasteiger partial charge on any atom is 0.220 e. The number of aromatic nitrogens is 1. The molecule has 132 valence electrons. The molecule has 3 nitrogen and oxygen atoms in total. The molecule has 1 atom stereocenters. The first-order valence-corrected chi connectivity index (χ1v) is 9.05. The van der Waals surface area contributed by atoms with Crippen molar-refractivity contribution in [2.45, 2.75) is 25.8 Å². The summed E-state index contributed by atoms with van der Waals surface area (Å²) in [6, 6.07) is 21.8. The van der Waals surface area contributed by atoms with Crippen LogP contribution in [0.3, 0.4) is 0 Å². The number of hydrogen-bond donors (Lipinski definition) is 1. The quantitative estimate of drug-likeness (QED) is 0.610. The topological polar surface area (TPSA) is 42.0 Å². The van der Waals surface area contributed by atoms with Crippen LogP contribution in [0.25, 0.3) is 11.1 Å². The van der Waals surface area contributed by atoms with Crippen LogP contribution in [0.5, 0.6) is 0 Å². The first-order valence-electron chi connectivity index (χ1n) is 8.67. The van der Waals surface area contributed by atoms with Crippen LogP contribution >= 0.6 is 11.6 Å². The Morgan fingerprint density at radius 1 is 1.04 bits per heavy atom. The minimum Gasteiger partial charge on any atom is -0.350 e. The van der Waals surface area contributed by atoms with E-state index in [1.54, 1.807) is 12.3 Å². The van der Waals surface area contributed by atoms with E-state index >= 15 is 0 Å². The van der Waals surface area contributed by atoms with E-state index in [0.29, 0.717) is 11.6 Å². The number of hydrogen-bond acceptors (Lipinski definition) is 2. The highest BCUT2D eigenvalue weighted by Crippen LogP contribution is 2.23. The highest BCUT2D eigenvalue weighted by molar-refractivity contribution is 6.29. The largest absolute Gasteiger partial charge is 0.350 e. The molecule has 4 heteroatoms. The van der Waals surface area contributed by atoms with Crippen LogP contribution in [0.15, 0.2) is 72.9 Å². The standard InChI is InChI=1S/C22H21ClN2O/c1-16(25-22(26)13-10-17-6-3-2-4-7-17)18-8-5-9-19(14-18)20-11-12-21(23)24-15-20/h2-9,11-12,14-16H,10,13H2,1H3,(H,25,26). The molecular formula is C22H21ClN2O. The van der Waals surface area contributed by atoms with Crippen LogP contribution in [0, 0.1) is 0 Å². The third-order valence-electron chi connectivity index (χ3n) is 4.31. The van der Waals surface area contributed by atoms with Crippen molar-refractivity contribution in [1.82, 2.24) is 10.3 Å². The van der Waals surface area contributed by atoms with Gasteiger partial charge in [-0.3, -0.25) is 4.79 Å². The Hall–Kier alpha value is -2.65. The highest BCUT2D eigenvalue weighted by atomic mass is 35.5. The summed E-state index contributed by atoms with van der Waals surface area (Å²) < 4.78 is 0. The lowest BCUT2D eigenvalue weighted by Crippen LogP contribution is -2.26. The zero-order valence-electron chi connectivity index (χ0n) is 14.7. The molecule has 2 aromatic carbocycles. The molecule has 1 aromatic heterocycles. The average Bonchev–Trinajstić information content (AvgIpc) is 2.68. The van der Waals surface area contributed by atoms with Gasteiger partial charge in [-0.1, -0.05) is 60.1 Å². The Morgan fingerprint density at radius 2 is 1.85 bits per heavy atom. The molecule has 0 saturated heterocycles. The van der Waals surface area contributed by atoms with Gasteiger partial charge < -0.3 is 5.32 Å². The van der Waals surface area contributed by atoms with Gasteiger partial charge in [0.25, 0.3) is 0 Å². The molecule has 1 unspecified atom stereocenters. The second kappa shape index (κ2) is 8.63. The summed E-state index contributed by atoms with van der Waals surface area (Å²) in [5.74, 6) is 0.0555. The normalized spacial score (nSPS) is 11.8. The molecular weight excluding hydrogens is 344 g/mol. The number of nitrogens with one attached hydrogen (secondary N) is 1. The van der Waals surface area contributed by atoms with Crippen LogP contribution in [0.2, 0.25) is 5.15 Å². The number of carbonyl (C=O) groups excluding carboxylic acids is 1. The lowest BCUT2D eigenvalue weighted by Gasteiger charge is -2.15. The van der Waals surface area contributed by atoms with Crippen molar-refractivity contribution in [3.05, 3.63) is 89.2 Å². The highest BCUT2D eigenvalue weighted by Gasteiger charge is 2.11. The van der Waals surface area contributed by atoms with Crippen molar-refractivity contribution in [3.63, 3.8) is 0 Å². The second-order valence-corrected chi connectivity index (χ2v) is 6.66. The van der Waals surface area contributed by atoms with Gasteiger partial charge in [0.05, 0.1) is 6.04 Å². The Morgan fingerprint density at radius 3 is 2.58 bits per heavy atom. The molecule has 0 aliphatic heterocycles. The van der Waals surface area contributed by atoms with Gasteiger partial charge in [-0.05, 0) is 48.2 Å². The molecule has 0 radical (unpaired) electrons. The molecule has 1 heterocycles. The predicted octanol–water partition coefficient (Wildman–Crippen LogP) is 5.21. The molecule has 0 aliphatic rings. The van der Waals surface area contributed by atoms with Crippen LogP contribution in [-0.4, -0.2) is 10.9 Å². The van der Waals surface area contributed by atoms with Gasteiger partial charge in [0.15, 0.2) is 0 Å². The number of pyridine rings is 1. The van der Waals surface area contributed by atoms with E-state index in [1.165, 1.54) is 5.56 Å². The Kier molecular flexibility index (Phi) is 6.03. The molecule has 1 N–H and O–H groups in total. The van der Waals surface area contributed by atoms with Crippen molar-refractivity contribution in [2.24, 2.45) is 0 Å². The third kappa shape index (κ3) is 4.93. The minimum atomic E-state index is -0.0570. The first kappa shape index (κ1) is 18.2. The third-order valence-corrected chi connectivity index (χ3v) is 4.53. The van der Waals surface area contributed by atoms with E-state index in [9.17, 15) is 4.79 Å². The number of nitrogens with zero attached hydrogens (tertiary/aromatic N) is 1. The van der Waals surface area contributed by atoms with Crippen molar-refractivity contribution >= 4 is 17.5 Å². The zero-order valence-corrected chi connectivity index (χ0v) is 15.4. The molecule has 3 rings (SSSR count). The van der Waals surface area contributed by atoms with E-state index in [0.717, 1.165) is 23.1 Å². The maximum absolute atomic E-state index is 12.3. The smallest absolute Gasteiger partial charge is 0.220 e. The molecule has 26 heavy (non-hydrogen) atoms. The van der Waals surface area contributed by atoms with Crippen molar-refractivity contribution < 1.29 is 4.79 Å². The molecule has 0 spiro atoms. The van der Waals surface area contributed by atoms with Gasteiger partial charge in [0, 0.05) is 18.2 Å². The van der Waals surface area contributed by atoms with Gasteiger partial charge in [-0.15, -0.1) is 0 Å². The van der Waals surface area contributed by atoms with E-state index < -0.39 is 0 Å². The van der Waals surface area contributed by atoms with Gasteiger partial charge >= 0.3 is 0 Å². The Bertz CT molecular complexity index is 863. The van der Waals surface area contributed by atoms with Gasteiger partial charge in [-0.25, -0.2) is 4.98 Å². The van der Waals surface area contributed by atoms with Gasteiger partial charge in [0.2, 0.25) is 5.91 Å². The monoisotopic (exact) mass is 364 g/mol. The summed E-state index contributed by atoms with van der Waals surface area (Å²) >= 11 is 5.85.